The predicted molar refractivity (Wildman–Crippen MR) is 87.6 cm³/mol. The van der Waals surface area contributed by atoms with Gasteiger partial charge in [-0.1, -0.05) is 23.2 Å². The molecule has 0 bridgehead atoms. The van der Waals surface area contributed by atoms with Crippen LogP contribution in [-0.4, -0.2) is 26.7 Å². The molecule has 3 heterocycles. The third-order valence-electron chi connectivity index (χ3n) is 4.19. The van der Waals surface area contributed by atoms with E-state index in [2.05, 4.69) is 32.0 Å². The van der Waals surface area contributed by atoms with Crippen molar-refractivity contribution in [1.29, 1.82) is 0 Å². The van der Waals surface area contributed by atoms with E-state index in [1.165, 1.54) is 5.56 Å². The van der Waals surface area contributed by atoms with Crippen LogP contribution < -0.4 is 4.90 Å². The lowest BCUT2D eigenvalue weighted by atomic mass is 9.93. The Morgan fingerprint density at radius 2 is 2.14 bits per heavy atom. The molecule has 1 aliphatic rings. The fraction of sp³-hybridized carbons (Fsp3) is 0.267. The Morgan fingerprint density at radius 3 is 3.00 bits per heavy atom. The molecule has 1 atom stereocenters. The molecule has 1 unspecified atom stereocenters. The second kappa shape index (κ2) is 5.11. The van der Waals surface area contributed by atoms with Gasteiger partial charge in [-0.15, -0.1) is 0 Å². The normalized spacial score (nSPS) is 17.8. The lowest BCUT2D eigenvalue weighted by Crippen LogP contribution is -2.35. The monoisotopic (exact) mass is 333 g/mol. The van der Waals surface area contributed by atoms with Crippen LogP contribution in [0.15, 0.2) is 24.7 Å². The molecule has 7 heteroatoms. The molecule has 1 aromatic carbocycles. The quantitative estimate of drug-likeness (QED) is 0.736. The van der Waals surface area contributed by atoms with Crippen molar-refractivity contribution < 1.29 is 0 Å². The summed E-state index contributed by atoms with van der Waals surface area (Å²) in [5.74, 6) is 0.878. The third-order valence-corrected chi connectivity index (χ3v) is 4.72. The minimum Gasteiger partial charge on any atom is -0.349 e. The van der Waals surface area contributed by atoms with Gasteiger partial charge in [0.1, 0.15) is 12.1 Å². The van der Waals surface area contributed by atoms with E-state index in [9.17, 15) is 0 Å². The number of anilines is 1. The first-order valence-corrected chi connectivity index (χ1v) is 7.79. The van der Waals surface area contributed by atoms with Gasteiger partial charge in [-0.05, 0) is 36.6 Å². The van der Waals surface area contributed by atoms with Crippen LogP contribution >= 0.6 is 23.2 Å². The van der Waals surface area contributed by atoms with E-state index >= 15 is 0 Å². The highest BCUT2D eigenvalue weighted by molar-refractivity contribution is 6.35. The summed E-state index contributed by atoms with van der Waals surface area (Å²) in [6, 6.07) is 3.92. The van der Waals surface area contributed by atoms with Crippen LogP contribution in [0, 0.1) is 0 Å². The number of hydrogen-bond donors (Lipinski definition) is 1. The van der Waals surface area contributed by atoms with E-state index in [0.717, 1.165) is 35.4 Å². The molecule has 1 aliphatic heterocycles. The van der Waals surface area contributed by atoms with Crippen LogP contribution in [0.1, 0.15) is 24.1 Å². The van der Waals surface area contributed by atoms with E-state index in [4.69, 9.17) is 23.2 Å². The number of fused-ring (bicyclic) bond motifs is 2. The topological polar surface area (TPSA) is 57.7 Å². The summed E-state index contributed by atoms with van der Waals surface area (Å²) in [7, 11) is 0. The predicted octanol–water partition coefficient (Wildman–Crippen LogP) is 3.78. The van der Waals surface area contributed by atoms with Crippen molar-refractivity contribution in [3.8, 4) is 0 Å². The maximum Gasteiger partial charge on any atom is 0.160 e. The molecule has 1 N–H and O–H groups in total. The fourth-order valence-electron chi connectivity index (χ4n) is 3.17. The second-order valence-corrected chi connectivity index (χ2v) is 6.25. The van der Waals surface area contributed by atoms with Gasteiger partial charge in [-0.25, -0.2) is 9.97 Å². The van der Waals surface area contributed by atoms with Crippen molar-refractivity contribution in [1.82, 2.24) is 20.2 Å². The molecule has 0 saturated carbocycles. The molecule has 112 valence electrons. The van der Waals surface area contributed by atoms with Gasteiger partial charge in [-0.3, -0.25) is 5.10 Å². The maximum absolute atomic E-state index is 6.43. The van der Waals surface area contributed by atoms with Crippen LogP contribution in [0.2, 0.25) is 10.0 Å². The number of hydrogen-bond acceptors (Lipinski definition) is 4. The molecule has 2 aromatic heterocycles. The Kier molecular flexibility index (Phi) is 3.20. The minimum atomic E-state index is 0.113. The summed E-state index contributed by atoms with van der Waals surface area (Å²) < 4.78 is 0. The van der Waals surface area contributed by atoms with Gasteiger partial charge in [0.15, 0.2) is 5.65 Å². The lowest BCUT2D eigenvalue weighted by molar-refractivity contribution is 0.619. The number of benzene rings is 1. The van der Waals surface area contributed by atoms with Crippen molar-refractivity contribution >= 4 is 40.1 Å². The number of nitrogens with one attached hydrogen (secondary N) is 1. The fourth-order valence-corrected chi connectivity index (χ4v) is 3.87. The Bertz CT molecular complexity index is 860. The van der Waals surface area contributed by atoms with Gasteiger partial charge >= 0.3 is 0 Å². The smallest absolute Gasteiger partial charge is 0.160 e. The highest BCUT2D eigenvalue weighted by Gasteiger charge is 2.28. The van der Waals surface area contributed by atoms with Gasteiger partial charge < -0.3 is 4.90 Å². The Morgan fingerprint density at radius 1 is 1.27 bits per heavy atom. The molecule has 0 aliphatic carbocycles. The molecule has 4 rings (SSSR count). The molecule has 5 nitrogen and oxygen atoms in total. The molecule has 3 aromatic rings. The van der Waals surface area contributed by atoms with E-state index in [-0.39, 0.29) is 6.04 Å². The summed E-state index contributed by atoms with van der Waals surface area (Å²) in [6.07, 6.45) is 4.20. The van der Waals surface area contributed by atoms with E-state index in [0.29, 0.717) is 10.0 Å². The highest BCUT2D eigenvalue weighted by atomic mass is 35.5. The van der Waals surface area contributed by atoms with Crippen molar-refractivity contribution in [2.75, 3.05) is 11.4 Å². The first-order valence-electron chi connectivity index (χ1n) is 7.03. The second-order valence-electron chi connectivity index (χ2n) is 5.41. The zero-order chi connectivity index (χ0) is 15.3. The molecule has 0 fully saturated rings. The SMILES string of the molecule is CC1c2c(Cl)cc(Cl)cc2CCN1c1ncnc2[nH]ncc12. The van der Waals surface area contributed by atoms with Crippen LogP contribution in [-0.2, 0) is 6.42 Å². The maximum atomic E-state index is 6.43. The molecule has 0 amide bonds. The standard InChI is InChI=1S/C15H13Cl2N5/c1-8-13-9(4-10(16)5-12(13)17)2-3-22(8)15-11-6-20-21-14(11)18-7-19-15/h4-8H,2-3H2,1H3,(H,18,19,20,21). The molecule has 0 saturated heterocycles. The highest BCUT2D eigenvalue weighted by Crippen LogP contribution is 2.39. The van der Waals surface area contributed by atoms with Crippen LogP contribution in [0.4, 0.5) is 5.82 Å². The minimum absolute atomic E-state index is 0.113. The average molecular weight is 334 g/mol. The Hall–Kier alpha value is -1.85. The van der Waals surface area contributed by atoms with E-state index in [1.54, 1.807) is 18.6 Å². The summed E-state index contributed by atoms with van der Waals surface area (Å²) in [4.78, 5) is 10.9. The van der Waals surface area contributed by atoms with Crippen molar-refractivity contribution in [3.05, 3.63) is 45.8 Å². The summed E-state index contributed by atoms with van der Waals surface area (Å²) >= 11 is 12.5. The number of nitrogens with zero attached hydrogens (tertiary/aromatic N) is 4. The first-order chi connectivity index (χ1) is 10.6. The number of rotatable bonds is 1. The lowest BCUT2D eigenvalue weighted by Gasteiger charge is -2.37. The van der Waals surface area contributed by atoms with Crippen molar-refractivity contribution in [2.24, 2.45) is 0 Å². The van der Waals surface area contributed by atoms with Gasteiger partial charge in [0, 0.05) is 16.6 Å². The van der Waals surface area contributed by atoms with E-state index < -0.39 is 0 Å². The third kappa shape index (κ3) is 2.04. The van der Waals surface area contributed by atoms with E-state index in [1.807, 2.05) is 6.07 Å². The van der Waals surface area contributed by atoms with Crippen LogP contribution in [0.3, 0.4) is 0 Å². The Labute approximate surface area is 137 Å². The number of aromatic amines is 1. The summed E-state index contributed by atoms with van der Waals surface area (Å²) in [6.45, 7) is 2.98. The molecule has 0 radical (unpaired) electrons. The molecular formula is C15H13Cl2N5. The molecule has 0 spiro atoms. The zero-order valence-corrected chi connectivity index (χ0v) is 13.4. The van der Waals surface area contributed by atoms with Crippen LogP contribution in [0.5, 0.6) is 0 Å². The summed E-state index contributed by atoms with van der Waals surface area (Å²) in [5, 5.41) is 9.25. The number of H-pyrrole nitrogens is 1. The zero-order valence-electron chi connectivity index (χ0n) is 11.8. The van der Waals surface area contributed by atoms with Crippen molar-refractivity contribution in [3.63, 3.8) is 0 Å². The number of halogens is 2. The van der Waals surface area contributed by atoms with Crippen LogP contribution in [0.25, 0.3) is 11.0 Å². The molecule has 22 heavy (non-hydrogen) atoms. The largest absolute Gasteiger partial charge is 0.349 e. The Balaban J connectivity index is 1.84. The van der Waals surface area contributed by atoms with Gasteiger partial charge in [0.2, 0.25) is 0 Å². The van der Waals surface area contributed by atoms with Gasteiger partial charge in [-0.2, -0.15) is 5.10 Å². The summed E-state index contributed by atoms with van der Waals surface area (Å²) in [5.41, 5.74) is 3.07. The van der Waals surface area contributed by atoms with Gasteiger partial charge in [0.05, 0.1) is 17.6 Å². The average Bonchev–Trinajstić information content (AvgIpc) is 2.95. The first kappa shape index (κ1) is 13.8. The van der Waals surface area contributed by atoms with Crippen molar-refractivity contribution in [2.45, 2.75) is 19.4 Å². The number of aromatic nitrogens is 4. The van der Waals surface area contributed by atoms with Gasteiger partial charge in [0.25, 0.3) is 0 Å². The molecular weight excluding hydrogens is 321 g/mol.